The van der Waals surface area contributed by atoms with Gasteiger partial charge in [-0.1, -0.05) is 23.9 Å². The fourth-order valence-corrected chi connectivity index (χ4v) is 2.29. The van der Waals surface area contributed by atoms with Crippen molar-refractivity contribution in [3.63, 3.8) is 0 Å². The maximum absolute atomic E-state index is 12.7. The average Bonchev–Trinajstić information content (AvgIpc) is 3.29. The number of aromatic amines is 1. The highest BCUT2D eigenvalue weighted by Crippen LogP contribution is 2.31. The van der Waals surface area contributed by atoms with Gasteiger partial charge in [0.25, 0.3) is 11.4 Å². The molecule has 14 nitrogen and oxygen atoms in total. The molecule has 3 N–H and O–H groups in total. The molecule has 0 aliphatic carbocycles. The van der Waals surface area contributed by atoms with Gasteiger partial charge >= 0.3 is 18.1 Å². The lowest BCUT2D eigenvalue weighted by atomic mass is 9.98. The van der Waals surface area contributed by atoms with E-state index in [1.54, 1.807) is 27.7 Å². The van der Waals surface area contributed by atoms with E-state index in [9.17, 15) is 19.2 Å². The Kier molecular flexibility index (Phi) is 7.37. The summed E-state index contributed by atoms with van der Waals surface area (Å²) in [6.07, 6.45) is 0.410. The number of ether oxygens (including phenoxy) is 1. The van der Waals surface area contributed by atoms with Gasteiger partial charge in [-0.15, -0.1) is 5.10 Å². The van der Waals surface area contributed by atoms with E-state index in [4.69, 9.17) is 4.74 Å². The molecular formula is C17H22N8O6. The molecule has 1 aromatic heterocycles. The summed E-state index contributed by atoms with van der Waals surface area (Å²) in [5, 5.41) is 21.2. The number of aromatic nitrogens is 4. The summed E-state index contributed by atoms with van der Waals surface area (Å²) < 4.78 is 5.24. The third-order valence-electron chi connectivity index (χ3n) is 3.59. The zero-order valence-electron chi connectivity index (χ0n) is 17.4. The van der Waals surface area contributed by atoms with Crippen LogP contribution in [0.25, 0.3) is 0 Å². The average molecular weight is 434 g/mol. The van der Waals surface area contributed by atoms with Gasteiger partial charge in [0.1, 0.15) is 5.60 Å². The first kappa shape index (κ1) is 23.4. The van der Waals surface area contributed by atoms with Gasteiger partial charge in [0.2, 0.25) is 0 Å². The van der Waals surface area contributed by atoms with Gasteiger partial charge in [-0.3, -0.25) is 10.1 Å². The number of carbonyl (C=O) groups is 4. The Morgan fingerprint density at radius 3 is 2.71 bits per heavy atom. The highest BCUT2D eigenvalue weighted by molar-refractivity contribution is 6.14. The summed E-state index contributed by atoms with van der Waals surface area (Å²) in [7, 11) is 0. The molecule has 0 spiro atoms. The second-order valence-electron chi connectivity index (χ2n) is 7.07. The quantitative estimate of drug-likeness (QED) is 0.131. The van der Waals surface area contributed by atoms with Crippen LogP contribution in [0.2, 0.25) is 0 Å². The number of carbonyl (C=O) groups excluding carboxylic acids is 4. The minimum absolute atomic E-state index is 0.0285. The molecular weight excluding hydrogens is 412 g/mol. The largest absolute Gasteiger partial charge is 0.443 e. The second-order valence-corrected chi connectivity index (χ2v) is 7.07. The summed E-state index contributed by atoms with van der Waals surface area (Å²) in [6, 6.07) is -1.03. The number of H-pyrrole nitrogens is 1. The van der Waals surface area contributed by atoms with E-state index in [2.05, 4.69) is 47.8 Å². The number of urea groups is 1. The predicted octanol–water partition coefficient (Wildman–Crippen LogP) is -0.586. The molecule has 4 amide bonds. The number of hydrogen-bond donors (Lipinski definition) is 3. The Balaban J connectivity index is 2.22. The summed E-state index contributed by atoms with van der Waals surface area (Å²) >= 11 is 0. The first-order chi connectivity index (χ1) is 14.6. The molecule has 0 saturated carbocycles. The van der Waals surface area contributed by atoms with Crippen LogP contribution in [0.1, 0.15) is 39.9 Å². The Bertz CT molecular complexity index is 927. The van der Waals surface area contributed by atoms with E-state index < -0.39 is 35.1 Å². The van der Waals surface area contributed by atoms with Gasteiger partial charge in [0.05, 0.1) is 12.8 Å². The molecule has 1 aliphatic rings. The van der Waals surface area contributed by atoms with Crippen LogP contribution in [-0.4, -0.2) is 74.4 Å². The minimum Gasteiger partial charge on any atom is -0.443 e. The Morgan fingerprint density at radius 2 is 2.10 bits per heavy atom. The summed E-state index contributed by atoms with van der Waals surface area (Å²) in [5.74, 6) is 3.62. The van der Waals surface area contributed by atoms with Crippen molar-refractivity contribution < 1.29 is 28.8 Å². The fraction of sp³-hybridized carbons (Fsp3) is 0.529. The van der Waals surface area contributed by atoms with Gasteiger partial charge < -0.3 is 14.9 Å². The van der Waals surface area contributed by atoms with Crippen LogP contribution in [0.3, 0.4) is 0 Å². The topological polar surface area (TPSA) is 181 Å². The molecule has 1 atom stereocenters. The molecule has 1 unspecified atom stereocenters. The van der Waals surface area contributed by atoms with Gasteiger partial charge in [-0.05, 0) is 31.2 Å². The van der Waals surface area contributed by atoms with E-state index >= 15 is 0 Å². The van der Waals surface area contributed by atoms with Gasteiger partial charge in [0.15, 0.2) is 5.82 Å². The van der Waals surface area contributed by atoms with E-state index in [0.717, 1.165) is 0 Å². The van der Waals surface area contributed by atoms with Crippen LogP contribution in [0.5, 0.6) is 0 Å². The summed E-state index contributed by atoms with van der Waals surface area (Å²) in [4.78, 5) is 53.8. The Hall–Kier alpha value is -3.86. The van der Waals surface area contributed by atoms with Crippen LogP contribution in [0, 0.1) is 11.8 Å². The lowest BCUT2D eigenvalue weighted by Crippen LogP contribution is -2.51. The van der Waals surface area contributed by atoms with Crippen LogP contribution >= 0.6 is 0 Å². The highest BCUT2D eigenvalue weighted by Gasteiger charge is 2.60. The molecule has 0 radical (unpaired) electrons. The number of rotatable bonds is 6. The van der Waals surface area contributed by atoms with Crippen LogP contribution < -0.4 is 10.6 Å². The molecule has 1 saturated heterocycles. The predicted molar refractivity (Wildman–Crippen MR) is 103 cm³/mol. The highest BCUT2D eigenvalue weighted by atomic mass is 16.7. The summed E-state index contributed by atoms with van der Waals surface area (Å²) in [5.41, 5.74) is -3.08. The van der Waals surface area contributed by atoms with Gasteiger partial charge in [-0.25, -0.2) is 19.5 Å². The van der Waals surface area contributed by atoms with Crippen molar-refractivity contribution in [3.05, 3.63) is 5.82 Å². The molecule has 31 heavy (non-hydrogen) atoms. The van der Waals surface area contributed by atoms with E-state index in [1.807, 2.05) is 5.32 Å². The number of oxime groups is 1. The van der Waals surface area contributed by atoms with Gasteiger partial charge in [0, 0.05) is 13.0 Å². The summed E-state index contributed by atoms with van der Waals surface area (Å²) in [6.45, 7) is 6.67. The van der Waals surface area contributed by atoms with Crippen LogP contribution in [0.15, 0.2) is 5.16 Å². The van der Waals surface area contributed by atoms with Crippen molar-refractivity contribution in [2.24, 2.45) is 5.16 Å². The van der Waals surface area contributed by atoms with Gasteiger partial charge in [-0.2, -0.15) is 4.90 Å². The normalized spacial score (nSPS) is 18.5. The molecule has 166 valence electrons. The maximum Gasteiger partial charge on any atom is 0.420 e. The number of hydrogen-bond acceptors (Lipinski definition) is 11. The van der Waals surface area contributed by atoms with Crippen molar-refractivity contribution in [2.45, 2.75) is 45.3 Å². The molecule has 2 rings (SSSR count). The Morgan fingerprint density at radius 1 is 1.35 bits per heavy atom. The molecule has 0 aromatic carbocycles. The lowest BCUT2D eigenvalue weighted by Gasteiger charge is -2.29. The third-order valence-corrected chi connectivity index (χ3v) is 3.59. The number of nitrogens with zero attached hydrogens (tertiary/aromatic N) is 5. The molecule has 14 heteroatoms. The van der Waals surface area contributed by atoms with E-state index in [0.29, 0.717) is 4.90 Å². The first-order valence-corrected chi connectivity index (χ1v) is 9.17. The fourth-order valence-electron chi connectivity index (χ4n) is 2.29. The van der Waals surface area contributed by atoms with Crippen LogP contribution in [-0.2, 0) is 24.7 Å². The first-order valence-electron chi connectivity index (χ1n) is 9.17. The molecule has 1 aliphatic heterocycles. The lowest BCUT2D eigenvalue weighted by molar-refractivity contribution is -0.143. The zero-order chi connectivity index (χ0) is 23.1. The van der Waals surface area contributed by atoms with Crippen molar-refractivity contribution in [1.82, 2.24) is 36.2 Å². The minimum atomic E-state index is -2.14. The smallest absolute Gasteiger partial charge is 0.420 e. The number of imide groups is 2. The second kappa shape index (κ2) is 9.76. The SMILES string of the molecule is CCC(=O)ON=CCNCC#CC1(c2nnn[nH]2)C(=O)NC(=O)N1C(=O)OC(C)(C)C. The number of amides is 4. The number of nitrogens with one attached hydrogen (secondary N) is 3. The Labute approximate surface area is 177 Å². The van der Waals surface area contributed by atoms with Crippen molar-refractivity contribution in [1.29, 1.82) is 0 Å². The zero-order valence-corrected chi connectivity index (χ0v) is 17.4. The maximum atomic E-state index is 12.7. The van der Waals surface area contributed by atoms with Crippen molar-refractivity contribution in [3.8, 4) is 11.8 Å². The molecule has 1 fully saturated rings. The molecule has 1 aromatic rings. The number of tetrazole rings is 1. The molecule has 2 heterocycles. The van der Waals surface area contributed by atoms with Crippen molar-refractivity contribution >= 4 is 30.2 Å². The van der Waals surface area contributed by atoms with E-state index in [-0.39, 0.29) is 25.3 Å². The monoisotopic (exact) mass is 434 g/mol. The standard InChI is InChI=1S/C17H22N8O6/c1-5-11(26)31-19-10-9-18-8-6-7-17(12-21-23-24-22-12)13(27)20-14(28)25(17)15(29)30-16(2,3)4/h10,18H,5,8-9H2,1-4H3,(H,20,27,28)(H,21,22,23,24). The molecule has 0 bridgehead atoms. The van der Waals surface area contributed by atoms with Crippen molar-refractivity contribution in [2.75, 3.05) is 13.1 Å². The van der Waals surface area contributed by atoms with E-state index in [1.165, 1.54) is 6.21 Å². The third kappa shape index (κ3) is 5.60. The van der Waals surface area contributed by atoms with Crippen LogP contribution in [0.4, 0.5) is 9.59 Å².